The van der Waals surface area contributed by atoms with Gasteiger partial charge in [-0.3, -0.25) is 5.43 Å². The Morgan fingerprint density at radius 1 is 1.11 bits per heavy atom. The maximum Gasteiger partial charge on any atom is 0.225 e. The molecule has 28 heavy (non-hydrogen) atoms. The van der Waals surface area contributed by atoms with Crippen molar-refractivity contribution in [2.75, 3.05) is 17.3 Å². The molecule has 0 unspecified atom stereocenters. The third-order valence-electron chi connectivity index (χ3n) is 3.84. The quantitative estimate of drug-likeness (QED) is 0.407. The topological polar surface area (TPSA) is 91.7 Å². The van der Waals surface area contributed by atoms with Crippen LogP contribution >= 0.6 is 0 Å². The summed E-state index contributed by atoms with van der Waals surface area (Å²) in [6.07, 6.45) is 1.53. The number of aromatic hydroxyl groups is 1. The molecule has 1 aromatic heterocycles. The fourth-order valence-corrected chi connectivity index (χ4v) is 2.54. The highest BCUT2D eigenvalue weighted by molar-refractivity contribution is 5.84. The number of aromatic nitrogens is 2. The van der Waals surface area contributed by atoms with Crippen LogP contribution in [0.2, 0.25) is 0 Å². The van der Waals surface area contributed by atoms with Crippen LogP contribution in [-0.4, -0.2) is 27.9 Å². The number of anilines is 2. The second kappa shape index (κ2) is 9.36. The largest absolute Gasteiger partial charge is 0.507 e. The van der Waals surface area contributed by atoms with E-state index in [1.54, 1.807) is 24.3 Å². The molecule has 7 nitrogen and oxygen atoms in total. The number of nitrogens with zero attached hydrogens (tertiary/aromatic N) is 3. The van der Waals surface area contributed by atoms with Gasteiger partial charge in [-0.15, -0.1) is 0 Å². The van der Waals surface area contributed by atoms with Gasteiger partial charge in [-0.05, 0) is 31.5 Å². The van der Waals surface area contributed by atoms with Crippen molar-refractivity contribution in [1.82, 2.24) is 9.97 Å². The van der Waals surface area contributed by atoms with E-state index < -0.39 is 0 Å². The number of phenolic OH excluding ortho intramolecular Hbond substituents is 1. The van der Waals surface area contributed by atoms with Gasteiger partial charge in [0.25, 0.3) is 0 Å². The summed E-state index contributed by atoms with van der Waals surface area (Å²) < 4.78 is 5.35. The van der Waals surface area contributed by atoms with Crippen LogP contribution in [0.15, 0.2) is 59.7 Å². The third kappa shape index (κ3) is 5.44. The Hall–Kier alpha value is -3.61. The summed E-state index contributed by atoms with van der Waals surface area (Å²) in [6.45, 7) is 4.96. The Balaban J connectivity index is 1.64. The predicted molar refractivity (Wildman–Crippen MR) is 111 cm³/mol. The van der Waals surface area contributed by atoms with Crippen LogP contribution in [0, 0.1) is 6.92 Å². The number of hydrogen-bond donors (Lipinski definition) is 3. The SMILES string of the molecule is CCOc1ccc(/C=N\Nc2cc(C)nc(NCc3ccccc3)n2)c(O)c1. The summed E-state index contributed by atoms with van der Waals surface area (Å²) in [5.74, 6) is 1.79. The molecule has 7 heteroatoms. The van der Waals surface area contributed by atoms with E-state index in [1.807, 2.05) is 44.2 Å². The van der Waals surface area contributed by atoms with Gasteiger partial charge in [-0.1, -0.05) is 30.3 Å². The number of ether oxygens (including phenoxy) is 1. The van der Waals surface area contributed by atoms with Gasteiger partial charge in [0.1, 0.15) is 11.5 Å². The molecule has 3 rings (SSSR count). The van der Waals surface area contributed by atoms with Crippen molar-refractivity contribution in [1.29, 1.82) is 0 Å². The first-order chi connectivity index (χ1) is 13.6. The first-order valence-electron chi connectivity index (χ1n) is 9.02. The third-order valence-corrected chi connectivity index (χ3v) is 3.84. The maximum atomic E-state index is 10.0. The molecule has 0 atom stereocenters. The van der Waals surface area contributed by atoms with E-state index in [4.69, 9.17) is 4.74 Å². The zero-order valence-electron chi connectivity index (χ0n) is 15.9. The Morgan fingerprint density at radius 2 is 1.93 bits per heavy atom. The molecule has 2 aromatic carbocycles. The molecule has 0 saturated heterocycles. The van der Waals surface area contributed by atoms with Crippen molar-refractivity contribution in [3.05, 3.63) is 71.4 Å². The molecular formula is C21H23N5O2. The molecule has 0 saturated carbocycles. The van der Waals surface area contributed by atoms with Crippen LogP contribution in [0.3, 0.4) is 0 Å². The second-order valence-electron chi connectivity index (χ2n) is 6.08. The standard InChI is InChI=1S/C21H23N5O2/c1-3-28-18-10-9-17(19(27)12-18)14-23-26-20-11-15(2)24-21(25-20)22-13-16-7-5-4-6-8-16/h4-12,14,27H,3,13H2,1-2H3,(H2,22,24,25,26)/b23-14-. The van der Waals surface area contributed by atoms with E-state index in [0.29, 0.717) is 36.2 Å². The van der Waals surface area contributed by atoms with Gasteiger partial charge in [0.05, 0.1) is 12.8 Å². The van der Waals surface area contributed by atoms with Gasteiger partial charge in [0.15, 0.2) is 5.82 Å². The van der Waals surface area contributed by atoms with Crippen molar-refractivity contribution in [3.8, 4) is 11.5 Å². The van der Waals surface area contributed by atoms with Gasteiger partial charge >= 0.3 is 0 Å². The molecule has 3 N–H and O–H groups in total. The minimum atomic E-state index is 0.0978. The van der Waals surface area contributed by atoms with Crippen molar-refractivity contribution in [3.63, 3.8) is 0 Å². The van der Waals surface area contributed by atoms with E-state index in [9.17, 15) is 5.11 Å². The lowest BCUT2D eigenvalue weighted by atomic mass is 10.2. The lowest BCUT2D eigenvalue weighted by Crippen LogP contribution is -2.06. The molecule has 0 fully saturated rings. The summed E-state index contributed by atoms with van der Waals surface area (Å²) >= 11 is 0. The fraction of sp³-hybridized carbons (Fsp3) is 0.190. The van der Waals surface area contributed by atoms with Crippen molar-refractivity contribution >= 4 is 18.0 Å². The molecule has 1 heterocycles. The van der Waals surface area contributed by atoms with Gasteiger partial charge in [0, 0.05) is 29.9 Å². The summed E-state index contributed by atoms with van der Waals surface area (Å²) in [5, 5.41) is 17.4. The van der Waals surface area contributed by atoms with Gasteiger partial charge in [-0.25, -0.2) is 4.98 Å². The maximum absolute atomic E-state index is 10.0. The van der Waals surface area contributed by atoms with E-state index in [0.717, 1.165) is 11.3 Å². The molecule has 0 aliphatic heterocycles. The van der Waals surface area contributed by atoms with E-state index in [1.165, 1.54) is 6.21 Å². The highest BCUT2D eigenvalue weighted by Crippen LogP contribution is 2.22. The Morgan fingerprint density at radius 3 is 2.68 bits per heavy atom. The number of hydrogen-bond acceptors (Lipinski definition) is 7. The number of hydrazone groups is 1. The number of nitrogens with one attached hydrogen (secondary N) is 2. The van der Waals surface area contributed by atoms with Crippen LogP contribution in [0.1, 0.15) is 23.7 Å². The summed E-state index contributed by atoms with van der Waals surface area (Å²) in [7, 11) is 0. The molecular weight excluding hydrogens is 354 g/mol. The summed E-state index contributed by atoms with van der Waals surface area (Å²) in [5.41, 5.74) is 5.41. The van der Waals surface area contributed by atoms with Crippen LogP contribution in [0.4, 0.5) is 11.8 Å². The number of phenols is 1. The lowest BCUT2D eigenvalue weighted by molar-refractivity contribution is 0.337. The Bertz CT molecular complexity index is 945. The zero-order chi connectivity index (χ0) is 19.8. The zero-order valence-corrected chi connectivity index (χ0v) is 15.9. The monoisotopic (exact) mass is 377 g/mol. The smallest absolute Gasteiger partial charge is 0.225 e. The van der Waals surface area contributed by atoms with Crippen LogP contribution in [-0.2, 0) is 6.54 Å². The van der Waals surface area contributed by atoms with Gasteiger partial charge < -0.3 is 15.2 Å². The predicted octanol–water partition coefficient (Wildman–Crippen LogP) is 3.95. The molecule has 0 aliphatic rings. The Kier molecular flexibility index (Phi) is 6.41. The van der Waals surface area contributed by atoms with Gasteiger partial charge in [-0.2, -0.15) is 10.1 Å². The lowest BCUT2D eigenvalue weighted by Gasteiger charge is -2.08. The average Bonchev–Trinajstić information content (AvgIpc) is 2.69. The molecule has 144 valence electrons. The van der Waals surface area contributed by atoms with Crippen molar-refractivity contribution < 1.29 is 9.84 Å². The minimum Gasteiger partial charge on any atom is -0.507 e. The first kappa shape index (κ1) is 19.2. The Labute approximate surface area is 164 Å². The normalized spacial score (nSPS) is 10.8. The summed E-state index contributed by atoms with van der Waals surface area (Å²) in [6, 6.07) is 16.9. The van der Waals surface area contributed by atoms with Gasteiger partial charge in [0.2, 0.25) is 5.95 Å². The van der Waals surface area contributed by atoms with Crippen molar-refractivity contribution in [2.24, 2.45) is 5.10 Å². The van der Waals surface area contributed by atoms with Crippen LogP contribution in [0.5, 0.6) is 11.5 Å². The number of rotatable bonds is 8. The number of benzene rings is 2. The molecule has 3 aromatic rings. The fourth-order valence-electron chi connectivity index (χ4n) is 2.54. The van der Waals surface area contributed by atoms with Crippen LogP contribution < -0.4 is 15.5 Å². The van der Waals surface area contributed by atoms with E-state index in [-0.39, 0.29) is 5.75 Å². The van der Waals surface area contributed by atoms with Crippen molar-refractivity contribution in [2.45, 2.75) is 20.4 Å². The molecule has 0 amide bonds. The average molecular weight is 377 g/mol. The molecule has 0 radical (unpaired) electrons. The van der Waals surface area contributed by atoms with E-state index in [2.05, 4.69) is 25.8 Å². The first-order valence-corrected chi connectivity index (χ1v) is 9.02. The summed E-state index contributed by atoms with van der Waals surface area (Å²) in [4.78, 5) is 8.80. The highest BCUT2D eigenvalue weighted by Gasteiger charge is 2.03. The molecule has 0 bridgehead atoms. The van der Waals surface area contributed by atoms with Crippen LogP contribution in [0.25, 0.3) is 0 Å². The molecule has 0 spiro atoms. The second-order valence-corrected chi connectivity index (χ2v) is 6.08. The molecule has 0 aliphatic carbocycles. The van der Waals surface area contributed by atoms with E-state index >= 15 is 0 Å². The number of aryl methyl sites for hydroxylation is 1. The minimum absolute atomic E-state index is 0.0978. The highest BCUT2D eigenvalue weighted by atomic mass is 16.5.